The van der Waals surface area contributed by atoms with Crippen LogP contribution in [0, 0.1) is 13.8 Å². The summed E-state index contributed by atoms with van der Waals surface area (Å²) in [4.78, 5) is 15.1. The zero-order valence-corrected chi connectivity index (χ0v) is 14.5. The van der Waals surface area contributed by atoms with Crippen molar-refractivity contribution in [3.05, 3.63) is 77.1 Å². The van der Waals surface area contributed by atoms with Crippen LogP contribution >= 0.6 is 0 Å². The smallest absolute Gasteiger partial charge is 0.262 e. The Hall–Kier alpha value is -3.08. The van der Waals surface area contributed by atoms with Gasteiger partial charge in [0.05, 0.1) is 11.3 Å². The van der Waals surface area contributed by atoms with Gasteiger partial charge in [0.2, 0.25) is 0 Å². The predicted molar refractivity (Wildman–Crippen MR) is 98.7 cm³/mol. The zero-order valence-electron chi connectivity index (χ0n) is 14.5. The van der Waals surface area contributed by atoms with E-state index < -0.39 is 0 Å². The van der Waals surface area contributed by atoms with Crippen LogP contribution in [-0.4, -0.2) is 15.7 Å². The number of benzene rings is 2. The highest BCUT2D eigenvalue weighted by atomic mass is 16.2. The fraction of sp³-hybridized carbons (Fsp3) is 0.200. The van der Waals surface area contributed by atoms with Crippen LogP contribution in [-0.2, 0) is 7.05 Å². The van der Waals surface area contributed by atoms with Gasteiger partial charge in [0, 0.05) is 29.7 Å². The third-order valence-corrected chi connectivity index (χ3v) is 4.80. The van der Waals surface area contributed by atoms with Crippen molar-refractivity contribution in [1.82, 2.24) is 9.78 Å². The Morgan fingerprint density at radius 2 is 1.68 bits per heavy atom. The number of anilines is 2. The van der Waals surface area contributed by atoms with E-state index in [1.165, 1.54) is 0 Å². The lowest BCUT2D eigenvalue weighted by Gasteiger charge is -2.38. The first kappa shape index (κ1) is 15.4. The van der Waals surface area contributed by atoms with Crippen LogP contribution in [0.5, 0.6) is 0 Å². The Balaban J connectivity index is 1.92. The molecule has 0 fully saturated rings. The SMILES string of the molecule is Cc1nn(C)c(C)c1[C@H]1Nc2ccccc2C(=O)N1c1ccccc1. The van der Waals surface area contributed by atoms with Gasteiger partial charge in [-0.05, 0) is 38.1 Å². The summed E-state index contributed by atoms with van der Waals surface area (Å²) in [6.07, 6.45) is -0.293. The molecule has 1 aliphatic heterocycles. The molecule has 2 heterocycles. The summed E-state index contributed by atoms with van der Waals surface area (Å²) < 4.78 is 1.86. The average Bonchev–Trinajstić information content (AvgIpc) is 2.87. The second kappa shape index (κ2) is 5.77. The molecule has 5 heteroatoms. The largest absolute Gasteiger partial charge is 0.360 e. The second-order valence-corrected chi connectivity index (χ2v) is 6.31. The molecule has 2 aromatic carbocycles. The molecule has 0 saturated carbocycles. The van der Waals surface area contributed by atoms with Crippen LogP contribution in [0.25, 0.3) is 0 Å². The minimum absolute atomic E-state index is 0.00629. The third-order valence-electron chi connectivity index (χ3n) is 4.80. The maximum absolute atomic E-state index is 13.3. The highest BCUT2D eigenvalue weighted by molar-refractivity contribution is 6.12. The average molecular weight is 332 g/mol. The lowest BCUT2D eigenvalue weighted by atomic mass is 10.0. The summed E-state index contributed by atoms with van der Waals surface area (Å²) in [6.45, 7) is 4.02. The van der Waals surface area contributed by atoms with Crippen molar-refractivity contribution in [3.63, 3.8) is 0 Å². The number of nitrogens with one attached hydrogen (secondary N) is 1. The van der Waals surface area contributed by atoms with Crippen molar-refractivity contribution in [2.24, 2.45) is 7.05 Å². The van der Waals surface area contributed by atoms with Crippen molar-refractivity contribution >= 4 is 17.3 Å². The molecule has 126 valence electrons. The van der Waals surface area contributed by atoms with Crippen LogP contribution in [0.15, 0.2) is 54.6 Å². The molecule has 4 rings (SSSR count). The molecule has 1 aromatic heterocycles. The van der Waals surface area contributed by atoms with Gasteiger partial charge in [0.1, 0.15) is 6.17 Å². The maximum Gasteiger partial charge on any atom is 0.262 e. The van der Waals surface area contributed by atoms with E-state index in [-0.39, 0.29) is 12.1 Å². The molecule has 3 aromatic rings. The summed E-state index contributed by atoms with van der Waals surface area (Å²) in [5.41, 5.74) is 5.40. The zero-order chi connectivity index (χ0) is 17.6. The van der Waals surface area contributed by atoms with Crippen molar-refractivity contribution < 1.29 is 4.79 Å². The van der Waals surface area contributed by atoms with Crippen LogP contribution in [0.3, 0.4) is 0 Å². The fourth-order valence-electron chi connectivity index (χ4n) is 3.50. The summed E-state index contributed by atoms with van der Waals surface area (Å²) in [6, 6.07) is 17.4. The van der Waals surface area contributed by atoms with E-state index in [2.05, 4.69) is 10.4 Å². The number of hydrogen-bond acceptors (Lipinski definition) is 3. The Bertz CT molecular complexity index is 946. The Morgan fingerprint density at radius 1 is 1.00 bits per heavy atom. The monoisotopic (exact) mass is 332 g/mol. The van der Waals surface area contributed by atoms with Gasteiger partial charge in [-0.25, -0.2) is 0 Å². The minimum atomic E-state index is -0.293. The number of carbonyl (C=O) groups excluding carboxylic acids is 1. The predicted octanol–water partition coefficient (Wildman–Crippen LogP) is 3.81. The van der Waals surface area contributed by atoms with Gasteiger partial charge in [-0.3, -0.25) is 14.4 Å². The maximum atomic E-state index is 13.3. The number of carbonyl (C=O) groups is 1. The number of aryl methyl sites for hydroxylation is 2. The molecular formula is C20H20N4O. The van der Waals surface area contributed by atoms with E-state index in [9.17, 15) is 4.79 Å². The molecule has 1 amide bonds. The van der Waals surface area contributed by atoms with Crippen molar-refractivity contribution in [1.29, 1.82) is 0 Å². The molecule has 0 unspecified atom stereocenters. The van der Waals surface area contributed by atoms with Crippen molar-refractivity contribution in [3.8, 4) is 0 Å². The molecule has 0 saturated heterocycles. The summed E-state index contributed by atoms with van der Waals surface area (Å²) >= 11 is 0. The lowest BCUT2D eigenvalue weighted by Crippen LogP contribution is -2.43. The molecule has 1 atom stereocenters. The second-order valence-electron chi connectivity index (χ2n) is 6.31. The topological polar surface area (TPSA) is 50.2 Å². The van der Waals surface area contributed by atoms with E-state index in [0.717, 1.165) is 28.3 Å². The van der Waals surface area contributed by atoms with Gasteiger partial charge >= 0.3 is 0 Å². The summed E-state index contributed by atoms with van der Waals surface area (Å²) in [5, 5.41) is 8.07. The number of rotatable bonds is 2. The van der Waals surface area contributed by atoms with Gasteiger partial charge in [-0.1, -0.05) is 30.3 Å². The van der Waals surface area contributed by atoms with Gasteiger partial charge in [0.15, 0.2) is 0 Å². The number of nitrogens with zero attached hydrogens (tertiary/aromatic N) is 3. The van der Waals surface area contributed by atoms with Crippen molar-refractivity contribution in [2.75, 3.05) is 10.2 Å². The molecule has 0 aliphatic carbocycles. The third kappa shape index (κ3) is 2.39. The number of aromatic nitrogens is 2. The minimum Gasteiger partial charge on any atom is -0.360 e. The first-order valence-electron chi connectivity index (χ1n) is 8.32. The molecule has 0 spiro atoms. The molecule has 0 radical (unpaired) electrons. The normalized spacial score (nSPS) is 16.5. The summed E-state index contributed by atoms with van der Waals surface area (Å²) in [7, 11) is 1.93. The lowest BCUT2D eigenvalue weighted by molar-refractivity contribution is 0.0975. The molecule has 0 bridgehead atoms. The van der Waals surface area contributed by atoms with E-state index in [4.69, 9.17) is 0 Å². The quantitative estimate of drug-likeness (QED) is 0.776. The number of amides is 1. The Labute approximate surface area is 146 Å². The van der Waals surface area contributed by atoms with E-state index in [0.29, 0.717) is 5.56 Å². The van der Waals surface area contributed by atoms with E-state index >= 15 is 0 Å². The van der Waals surface area contributed by atoms with Gasteiger partial charge < -0.3 is 5.32 Å². The molecule has 1 N–H and O–H groups in total. The Morgan fingerprint density at radius 3 is 2.36 bits per heavy atom. The molecule has 25 heavy (non-hydrogen) atoms. The molecule has 5 nitrogen and oxygen atoms in total. The van der Waals surface area contributed by atoms with E-state index in [1.807, 2.05) is 85.1 Å². The molecular weight excluding hydrogens is 312 g/mol. The van der Waals surface area contributed by atoms with Crippen molar-refractivity contribution in [2.45, 2.75) is 20.0 Å². The van der Waals surface area contributed by atoms with Crippen LogP contribution < -0.4 is 10.2 Å². The van der Waals surface area contributed by atoms with Crippen LogP contribution in [0.2, 0.25) is 0 Å². The number of para-hydroxylation sites is 2. The van der Waals surface area contributed by atoms with Gasteiger partial charge in [-0.15, -0.1) is 0 Å². The van der Waals surface area contributed by atoms with Crippen LogP contribution in [0.4, 0.5) is 11.4 Å². The number of hydrogen-bond donors (Lipinski definition) is 1. The Kier molecular flexibility index (Phi) is 3.57. The highest BCUT2D eigenvalue weighted by Crippen LogP contribution is 2.38. The van der Waals surface area contributed by atoms with Gasteiger partial charge in [0.25, 0.3) is 5.91 Å². The first-order valence-corrected chi connectivity index (χ1v) is 8.32. The molecule has 1 aliphatic rings. The van der Waals surface area contributed by atoms with Gasteiger partial charge in [-0.2, -0.15) is 5.10 Å². The first-order chi connectivity index (χ1) is 12.1. The number of fused-ring (bicyclic) bond motifs is 1. The standard InChI is InChI=1S/C20H20N4O/c1-13-18(14(2)23(3)22-13)19-21-17-12-8-7-11-16(17)20(25)24(19)15-9-5-4-6-10-15/h4-12,19,21H,1-3H3/t19-/m0/s1. The van der Waals surface area contributed by atoms with E-state index in [1.54, 1.807) is 0 Å². The summed E-state index contributed by atoms with van der Waals surface area (Å²) in [5.74, 6) is -0.00629. The highest BCUT2D eigenvalue weighted by Gasteiger charge is 2.36. The fourth-order valence-corrected chi connectivity index (χ4v) is 3.50. The van der Waals surface area contributed by atoms with Crippen LogP contribution in [0.1, 0.15) is 33.5 Å².